The molecule has 1 amide bonds. The van der Waals surface area contributed by atoms with E-state index in [4.69, 9.17) is 5.10 Å². The predicted octanol–water partition coefficient (Wildman–Crippen LogP) is 6.91. The van der Waals surface area contributed by atoms with Gasteiger partial charge in [-0.15, -0.1) is 24.0 Å². The molecule has 0 fully saturated rings. The maximum Gasteiger partial charge on any atom is 0.274 e. The number of thiophene rings is 1. The first-order valence-corrected chi connectivity index (χ1v) is 13.6. The van der Waals surface area contributed by atoms with Crippen LogP contribution in [0.4, 0.5) is 0 Å². The lowest BCUT2D eigenvalue weighted by atomic mass is 10.2. The largest absolute Gasteiger partial charge is 0.340 e. The molecule has 190 valence electrons. The van der Waals surface area contributed by atoms with Gasteiger partial charge in [0.15, 0.2) is 5.69 Å². The van der Waals surface area contributed by atoms with Crippen LogP contribution in [0.25, 0.3) is 26.7 Å². The van der Waals surface area contributed by atoms with Gasteiger partial charge in [0.2, 0.25) is 0 Å². The van der Waals surface area contributed by atoms with Gasteiger partial charge in [-0.05, 0) is 81.5 Å². The third-order valence-electron chi connectivity index (χ3n) is 5.71. The molecule has 0 radical (unpaired) electrons. The Kier molecular flexibility index (Phi) is 9.93. The van der Waals surface area contributed by atoms with Gasteiger partial charge in [-0.25, -0.2) is 4.68 Å². The fraction of sp³-hybridized carbons (Fsp3) is 0.310. The molecule has 0 atom stereocenters. The van der Waals surface area contributed by atoms with Crippen LogP contribution in [0.1, 0.15) is 36.3 Å². The molecule has 4 rings (SSSR count). The van der Waals surface area contributed by atoms with E-state index in [9.17, 15) is 4.79 Å². The van der Waals surface area contributed by atoms with Gasteiger partial charge < -0.3 is 9.80 Å². The summed E-state index contributed by atoms with van der Waals surface area (Å²) >= 11 is 6.17. The van der Waals surface area contributed by atoms with E-state index in [1.807, 2.05) is 76.1 Å². The van der Waals surface area contributed by atoms with Crippen molar-refractivity contribution in [3.8, 4) is 26.7 Å². The minimum Gasteiger partial charge on any atom is -0.340 e. The van der Waals surface area contributed by atoms with Gasteiger partial charge in [0.05, 0.1) is 16.3 Å². The van der Waals surface area contributed by atoms with E-state index < -0.39 is 0 Å². The first-order valence-electron chi connectivity index (χ1n) is 12.3. The number of hydrogen-bond donors (Lipinski definition) is 1. The summed E-state index contributed by atoms with van der Waals surface area (Å²) in [6.45, 7) is 7.69. The second-order valence-corrected chi connectivity index (χ2v) is 10.3. The lowest BCUT2D eigenvalue weighted by molar-refractivity contribution is 0.0784. The Hall–Kier alpha value is -2.87. The van der Waals surface area contributed by atoms with E-state index in [1.54, 1.807) is 16.2 Å². The monoisotopic (exact) mass is 520 g/mol. The molecule has 2 aromatic heterocycles. The normalized spacial score (nSPS) is 10.8. The highest BCUT2D eigenvalue weighted by molar-refractivity contribution is 7.80. The number of carbonyl (C=O) groups is 1. The first kappa shape index (κ1) is 27.7. The van der Waals surface area contributed by atoms with Gasteiger partial charge in [-0.1, -0.05) is 44.2 Å². The first-order chi connectivity index (χ1) is 17.3. The molecule has 0 unspecified atom stereocenters. The second kappa shape index (κ2) is 12.9. The fourth-order valence-corrected chi connectivity index (χ4v) is 5.09. The summed E-state index contributed by atoms with van der Waals surface area (Å²) in [7, 11) is 5.93. The van der Waals surface area contributed by atoms with Crippen LogP contribution in [-0.4, -0.2) is 59.7 Å². The summed E-state index contributed by atoms with van der Waals surface area (Å²) in [6.07, 6.45) is 0.916. The van der Waals surface area contributed by atoms with Crippen molar-refractivity contribution in [1.82, 2.24) is 19.6 Å². The third kappa shape index (κ3) is 6.66. The lowest BCUT2D eigenvalue weighted by Crippen LogP contribution is -2.30. The van der Waals surface area contributed by atoms with Crippen molar-refractivity contribution in [2.45, 2.75) is 32.1 Å². The Morgan fingerprint density at radius 2 is 1.67 bits per heavy atom. The standard InChI is InChI=1S/C27H30N4OS2.C2H6/c1-19-9-5-6-12-23(19)31-24(18-22(28-31)27(32)30(4)16-8-15-29(2)3)26-14-13-25(34-26)20-10-7-11-21(33)17-20;1-2/h5-7,9-14,17-18,33H,8,15-16H2,1-4H3;1-2H3. The molecule has 4 aromatic rings. The van der Waals surface area contributed by atoms with Gasteiger partial charge in [0.1, 0.15) is 0 Å². The van der Waals surface area contributed by atoms with E-state index in [-0.39, 0.29) is 5.91 Å². The lowest BCUT2D eigenvalue weighted by Gasteiger charge is -2.17. The van der Waals surface area contributed by atoms with Crippen LogP contribution in [0.5, 0.6) is 0 Å². The SMILES string of the molecule is CC.Cc1ccccc1-n1nc(C(=O)N(C)CCCN(C)C)cc1-c1ccc(-c2cccc(S)c2)s1. The van der Waals surface area contributed by atoms with Gasteiger partial charge >= 0.3 is 0 Å². The van der Waals surface area contributed by atoms with E-state index >= 15 is 0 Å². The van der Waals surface area contributed by atoms with E-state index in [0.29, 0.717) is 12.2 Å². The average molecular weight is 521 g/mol. The number of hydrogen-bond acceptors (Lipinski definition) is 5. The van der Waals surface area contributed by atoms with Crippen molar-refractivity contribution in [3.63, 3.8) is 0 Å². The molecule has 5 nitrogen and oxygen atoms in total. The molecule has 0 aliphatic heterocycles. The Labute approximate surface area is 224 Å². The summed E-state index contributed by atoms with van der Waals surface area (Å²) in [4.78, 5) is 20.3. The Bertz CT molecular complexity index is 1290. The maximum absolute atomic E-state index is 13.2. The quantitative estimate of drug-likeness (QED) is 0.257. The minimum absolute atomic E-state index is 0.0631. The Morgan fingerprint density at radius 1 is 0.944 bits per heavy atom. The molecule has 0 spiro atoms. The van der Waals surface area contributed by atoms with Crippen LogP contribution in [0, 0.1) is 6.92 Å². The molecule has 7 heteroatoms. The number of thiol groups is 1. The number of aryl methyl sites for hydroxylation is 1. The Morgan fingerprint density at radius 3 is 2.36 bits per heavy atom. The molecule has 2 heterocycles. The highest BCUT2D eigenvalue weighted by atomic mass is 32.1. The van der Waals surface area contributed by atoms with E-state index in [0.717, 1.165) is 50.1 Å². The van der Waals surface area contributed by atoms with Gasteiger partial charge in [0, 0.05) is 23.4 Å². The highest BCUT2D eigenvalue weighted by Crippen LogP contribution is 2.36. The van der Waals surface area contributed by atoms with E-state index in [2.05, 4.69) is 54.8 Å². The molecule has 0 saturated heterocycles. The molecule has 0 saturated carbocycles. The second-order valence-electron chi connectivity index (χ2n) is 8.71. The van der Waals surface area contributed by atoms with Crippen molar-refractivity contribution in [2.75, 3.05) is 34.2 Å². The zero-order chi connectivity index (χ0) is 26.2. The predicted molar refractivity (Wildman–Crippen MR) is 156 cm³/mol. The molecule has 0 N–H and O–H groups in total. The van der Waals surface area contributed by atoms with Gasteiger partial charge in [0.25, 0.3) is 5.91 Å². The van der Waals surface area contributed by atoms with Crippen LogP contribution in [0.2, 0.25) is 0 Å². The molecule has 0 bridgehead atoms. The van der Waals surface area contributed by atoms with Gasteiger partial charge in [-0.3, -0.25) is 4.79 Å². The summed E-state index contributed by atoms with van der Waals surface area (Å²) in [5.41, 5.74) is 4.57. The summed E-state index contributed by atoms with van der Waals surface area (Å²) in [5.74, 6) is -0.0631. The summed E-state index contributed by atoms with van der Waals surface area (Å²) in [5, 5.41) is 4.79. The molecular formula is C29H36N4OS2. The highest BCUT2D eigenvalue weighted by Gasteiger charge is 2.21. The zero-order valence-corrected chi connectivity index (χ0v) is 23.7. The van der Waals surface area contributed by atoms with Crippen LogP contribution in [-0.2, 0) is 0 Å². The zero-order valence-electron chi connectivity index (χ0n) is 22.0. The van der Waals surface area contributed by atoms with Crippen molar-refractivity contribution in [1.29, 1.82) is 0 Å². The summed E-state index contributed by atoms with van der Waals surface area (Å²) < 4.78 is 1.90. The number of benzene rings is 2. The number of rotatable bonds is 8. The average Bonchev–Trinajstić information content (AvgIpc) is 3.53. The van der Waals surface area contributed by atoms with Crippen molar-refractivity contribution in [3.05, 3.63) is 78.0 Å². The molecule has 2 aromatic carbocycles. The third-order valence-corrected chi connectivity index (χ3v) is 7.14. The fourth-order valence-electron chi connectivity index (χ4n) is 3.86. The molecular weight excluding hydrogens is 484 g/mol. The molecule has 36 heavy (non-hydrogen) atoms. The van der Waals surface area contributed by atoms with Gasteiger partial charge in [-0.2, -0.15) is 5.10 Å². The summed E-state index contributed by atoms with van der Waals surface area (Å²) in [6, 6.07) is 22.4. The topological polar surface area (TPSA) is 41.4 Å². The number of para-hydroxylation sites is 1. The van der Waals surface area contributed by atoms with Crippen LogP contribution < -0.4 is 0 Å². The minimum atomic E-state index is -0.0631. The number of amides is 1. The molecule has 0 aliphatic rings. The van der Waals surface area contributed by atoms with Crippen LogP contribution in [0.3, 0.4) is 0 Å². The van der Waals surface area contributed by atoms with Crippen molar-refractivity contribution < 1.29 is 4.79 Å². The number of carbonyl (C=O) groups excluding carboxylic acids is 1. The van der Waals surface area contributed by atoms with Crippen LogP contribution in [0.15, 0.2) is 71.6 Å². The number of nitrogens with zero attached hydrogens (tertiary/aromatic N) is 4. The maximum atomic E-state index is 13.2. The number of aromatic nitrogens is 2. The smallest absolute Gasteiger partial charge is 0.274 e. The van der Waals surface area contributed by atoms with Crippen molar-refractivity contribution >= 4 is 29.9 Å². The Balaban J connectivity index is 0.00000176. The van der Waals surface area contributed by atoms with Crippen LogP contribution >= 0.6 is 24.0 Å². The molecule has 0 aliphatic carbocycles. The van der Waals surface area contributed by atoms with E-state index in [1.165, 1.54) is 0 Å². The van der Waals surface area contributed by atoms with Crippen molar-refractivity contribution in [2.24, 2.45) is 0 Å².